The minimum atomic E-state index is -0.212. The molecule has 5 heteroatoms. The number of carbonyl (C=O) groups excluding carboxylic acids is 1. The Balaban J connectivity index is 2.24. The Bertz CT molecular complexity index is 751. The van der Waals surface area contributed by atoms with Crippen LogP contribution in [0.3, 0.4) is 0 Å². The molecule has 0 heterocycles. The molecule has 0 bridgehead atoms. The fourth-order valence-electron chi connectivity index (χ4n) is 2.85. The third-order valence-electron chi connectivity index (χ3n) is 4.31. The van der Waals surface area contributed by atoms with Crippen molar-refractivity contribution in [3.8, 4) is 0 Å². The van der Waals surface area contributed by atoms with Crippen LogP contribution >= 0.6 is 0 Å². The van der Waals surface area contributed by atoms with E-state index in [-0.39, 0.29) is 30.9 Å². The number of benzene rings is 2. The number of aryl methyl sites for hydroxylation is 2. The van der Waals surface area contributed by atoms with Gasteiger partial charge in [-0.25, -0.2) is 4.39 Å². The van der Waals surface area contributed by atoms with Gasteiger partial charge in [-0.1, -0.05) is 18.2 Å². The molecule has 2 aromatic rings. The highest BCUT2D eigenvalue weighted by atomic mass is 19.1. The highest BCUT2D eigenvalue weighted by Gasteiger charge is 2.14. The molecule has 4 nitrogen and oxygen atoms in total. The van der Waals surface area contributed by atoms with Crippen LogP contribution in [0.5, 0.6) is 0 Å². The number of aliphatic hydroxyl groups excluding tert-OH is 1. The van der Waals surface area contributed by atoms with Crippen molar-refractivity contribution in [1.29, 1.82) is 0 Å². The van der Waals surface area contributed by atoms with Crippen molar-refractivity contribution in [2.24, 2.45) is 0 Å². The van der Waals surface area contributed by atoms with Gasteiger partial charge in [0.25, 0.3) is 5.91 Å². The Morgan fingerprint density at radius 1 is 1.20 bits per heavy atom. The number of carbonyl (C=O) groups is 1. The van der Waals surface area contributed by atoms with Crippen molar-refractivity contribution in [3.05, 3.63) is 64.0 Å². The molecular weight excluding hydrogens is 319 g/mol. The average molecular weight is 344 g/mol. The highest BCUT2D eigenvalue weighted by molar-refractivity contribution is 5.97. The van der Waals surface area contributed by atoms with Crippen molar-refractivity contribution in [3.63, 3.8) is 0 Å². The third kappa shape index (κ3) is 4.37. The molecule has 0 aliphatic carbocycles. The van der Waals surface area contributed by atoms with Gasteiger partial charge in [-0.15, -0.1) is 0 Å². The molecule has 134 valence electrons. The summed E-state index contributed by atoms with van der Waals surface area (Å²) in [5.41, 5.74) is 4.49. The molecule has 25 heavy (non-hydrogen) atoms. The lowest BCUT2D eigenvalue weighted by Crippen LogP contribution is -2.27. The molecular formula is C20H25FN2O2. The van der Waals surface area contributed by atoms with Gasteiger partial charge in [0.15, 0.2) is 0 Å². The molecule has 0 saturated carbocycles. The molecule has 2 rings (SSSR count). The SMILES string of the molecule is Cc1cc(C(C)Nc2cccc(C(=O)NCCO)c2C)cc(C)c1F. The van der Waals surface area contributed by atoms with Gasteiger partial charge in [0.1, 0.15) is 5.82 Å². The fraction of sp³-hybridized carbons (Fsp3) is 0.350. The Morgan fingerprint density at radius 3 is 2.44 bits per heavy atom. The molecule has 0 fully saturated rings. The zero-order valence-electron chi connectivity index (χ0n) is 15.1. The summed E-state index contributed by atoms with van der Waals surface area (Å²) in [5.74, 6) is -0.383. The van der Waals surface area contributed by atoms with Gasteiger partial charge in [0.05, 0.1) is 6.61 Å². The van der Waals surface area contributed by atoms with Gasteiger partial charge in [-0.3, -0.25) is 4.79 Å². The summed E-state index contributed by atoms with van der Waals surface area (Å²) in [7, 11) is 0. The van der Waals surface area contributed by atoms with Crippen LogP contribution in [-0.4, -0.2) is 24.2 Å². The summed E-state index contributed by atoms with van der Waals surface area (Å²) in [4.78, 5) is 12.2. The molecule has 0 spiro atoms. The lowest BCUT2D eigenvalue weighted by Gasteiger charge is -2.20. The van der Waals surface area contributed by atoms with Crippen molar-refractivity contribution < 1.29 is 14.3 Å². The molecule has 2 aromatic carbocycles. The molecule has 1 amide bonds. The van der Waals surface area contributed by atoms with Gasteiger partial charge in [-0.2, -0.15) is 0 Å². The van der Waals surface area contributed by atoms with E-state index in [0.717, 1.165) is 16.8 Å². The predicted molar refractivity (Wildman–Crippen MR) is 98.5 cm³/mol. The first-order valence-corrected chi connectivity index (χ1v) is 8.37. The summed E-state index contributed by atoms with van der Waals surface area (Å²) in [6.07, 6.45) is 0. The standard InChI is InChI=1S/C20H25FN2O2/c1-12-10-16(11-13(2)19(12)21)15(4)23-18-7-5-6-17(14(18)3)20(25)22-8-9-24/h5-7,10-11,15,23-24H,8-9H2,1-4H3,(H,22,25). The van der Waals surface area contributed by atoms with Gasteiger partial charge in [0.2, 0.25) is 0 Å². The number of aliphatic hydroxyl groups is 1. The summed E-state index contributed by atoms with van der Waals surface area (Å²) < 4.78 is 13.8. The zero-order chi connectivity index (χ0) is 18.6. The number of anilines is 1. The quantitative estimate of drug-likeness (QED) is 0.750. The van der Waals surface area contributed by atoms with E-state index in [0.29, 0.717) is 16.7 Å². The van der Waals surface area contributed by atoms with E-state index >= 15 is 0 Å². The maximum absolute atomic E-state index is 13.8. The first-order chi connectivity index (χ1) is 11.8. The van der Waals surface area contributed by atoms with Crippen LogP contribution in [-0.2, 0) is 0 Å². The lowest BCUT2D eigenvalue weighted by molar-refractivity contribution is 0.0944. The van der Waals surface area contributed by atoms with E-state index in [4.69, 9.17) is 5.11 Å². The fourth-order valence-corrected chi connectivity index (χ4v) is 2.85. The average Bonchev–Trinajstić information content (AvgIpc) is 2.58. The van der Waals surface area contributed by atoms with Crippen LogP contribution in [0.15, 0.2) is 30.3 Å². The molecule has 0 aromatic heterocycles. The van der Waals surface area contributed by atoms with E-state index in [9.17, 15) is 9.18 Å². The minimum absolute atomic E-state index is 0.0348. The second-order valence-corrected chi connectivity index (χ2v) is 6.29. The van der Waals surface area contributed by atoms with E-state index in [1.165, 1.54) is 0 Å². The summed E-state index contributed by atoms with van der Waals surface area (Å²) in [5, 5.41) is 14.9. The van der Waals surface area contributed by atoms with Crippen LogP contribution in [0.4, 0.5) is 10.1 Å². The summed E-state index contributed by atoms with van der Waals surface area (Å²) >= 11 is 0. The van der Waals surface area contributed by atoms with Crippen molar-refractivity contribution in [1.82, 2.24) is 5.32 Å². The predicted octanol–water partition coefficient (Wildman–Crippen LogP) is 3.65. The van der Waals surface area contributed by atoms with Crippen molar-refractivity contribution in [2.75, 3.05) is 18.5 Å². The first kappa shape index (κ1) is 18.9. The van der Waals surface area contributed by atoms with Crippen LogP contribution in [0.2, 0.25) is 0 Å². The van der Waals surface area contributed by atoms with Gasteiger partial charge < -0.3 is 15.7 Å². The van der Waals surface area contributed by atoms with E-state index in [1.54, 1.807) is 19.9 Å². The Kier molecular flexibility index (Phi) is 6.15. The molecule has 0 aliphatic heterocycles. The zero-order valence-corrected chi connectivity index (χ0v) is 15.1. The van der Waals surface area contributed by atoms with Crippen LogP contribution in [0.25, 0.3) is 0 Å². The second kappa shape index (κ2) is 8.12. The van der Waals surface area contributed by atoms with Crippen LogP contribution < -0.4 is 10.6 Å². The number of halogens is 1. The van der Waals surface area contributed by atoms with E-state index < -0.39 is 0 Å². The van der Waals surface area contributed by atoms with Gasteiger partial charge in [0, 0.05) is 23.8 Å². The van der Waals surface area contributed by atoms with E-state index in [1.807, 2.05) is 38.1 Å². The normalized spacial score (nSPS) is 11.9. The first-order valence-electron chi connectivity index (χ1n) is 8.37. The van der Waals surface area contributed by atoms with Crippen molar-refractivity contribution >= 4 is 11.6 Å². The van der Waals surface area contributed by atoms with E-state index in [2.05, 4.69) is 10.6 Å². The molecule has 3 N–H and O–H groups in total. The Labute approximate surface area is 148 Å². The number of rotatable bonds is 6. The summed E-state index contributed by atoms with van der Waals surface area (Å²) in [6.45, 7) is 7.53. The maximum Gasteiger partial charge on any atom is 0.251 e. The largest absolute Gasteiger partial charge is 0.395 e. The topological polar surface area (TPSA) is 61.4 Å². The molecule has 1 atom stereocenters. The number of nitrogens with one attached hydrogen (secondary N) is 2. The Morgan fingerprint density at radius 2 is 1.84 bits per heavy atom. The lowest BCUT2D eigenvalue weighted by atomic mass is 10.00. The van der Waals surface area contributed by atoms with Gasteiger partial charge in [-0.05, 0) is 62.1 Å². The number of hydrogen-bond acceptors (Lipinski definition) is 3. The number of hydrogen-bond donors (Lipinski definition) is 3. The van der Waals surface area contributed by atoms with Crippen molar-refractivity contribution in [2.45, 2.75) is 33.7 Å². The Hall–Kier alpha value is -2.40. The van der Waals surface area contributed by atoms with Crippen LogP contribution in [0, 0.1) is 26.6 Å². The highest BCUT2D eigenvalue weighted by Crippen LogP contribution is 2.26. The number of amides is 1. The summed E-state index contributed by atoms with van der Waals surface area (Å²) in [6, 6.07) is 9.13. The minimum Gasteiger partial charge on any atom is -0.395 e. The molecule has 0 saturated heterocycles. The molecule has 0 radical (unpaired) electrons. The molecule has 0 aliphatic rings. The third-order valence-corrected chi connectivity index (χ3v) is 4.31. The van der Waals surface area contributed by atoms with Gasteiger partial charge >= 0.3 is 0 Å². The maximum atomic E-state index is 13.8. The smallest absolute Gasteiger partial charge is 0.251 e. The second-order valence-electron chi connectivity index (χ2n) is 6.29. The monoisotopic (exact) mass is 344 g/mol. The van der Waals surface area contributed by atoms with Crippen LogP contribution in [0.1, 0.15) is 45.6 Å². The molecule has 1 unspecified atom stereocenters.